The average Bonchev–Trinajstić information content (AvgIpc) is 2.33. The molecule has 0 aliphatic carbocycles. The Morgan fingerprint density at radius 2 is 1.85 bits per heavy atom. The number of hydrogen-bond donors (Lipinski definition) is 5. The molecule has 0 spiro atoms. The predicted octanol–water partition coefficient (Wildman–Crippen LogP) is -0.512. The quantitative estimate of drug-likeness (QED) is 0.363. The molecule has 0 aromatic heterocycles. The van der Waals surface area contributed by atoms with Crippen molar-refractivity contribution in [1.29, 1.82) is 0 Å². The minimum Gasteiger partial charge on any atom is -0.504 e. The molecule has 0 radical (unpaired) electrons. The molecule has 1 atom stereocenters. The maximum absolute atomic E-state index is 10.4. The minimum absolute atomic E-state index is 0.114. The molecular formula is C10H15NO8S. The van der Waals surface area contributed by atoms with Gasteiger partial charge in [-0.15, -0.1) is 0 Å². The van der Waals surface area contributed by atoms with Crippen molar-refractivity contribution in [3.63, 3.8) is 0 Å². The minimum atomic E-state index is -4.16. The first-order chi connectivity index (χ1) is 9.06. The fraction of sp³-hybridized carbons (Fsp3) is 0.300. The van der Waals surface area contributed by atoms with Gasteiger partial charge in [0.05, 0.1) is 7.11 Å². The Morgan fingerprint density at radius 1 is 1.35 bits per heavy atom. The summed E-state index contributed by atoms with van der Waals surface area (Å²) in [7, 11) is -3.29. The first-order valence-corrected chi connectivity index (χ1v) is 6.45. The van der Waals surface area contributed by atoms with Crippen LogP contribution in [-0.2, 0) is 25.8 Å². The number of phenolic OH excluding ortho intramolecular Hbond substituents is 2. The Balaban J connectivity index is 0.000000511. The van der Waals surface area contributed by atoms with Crippen LogP contribution in [0.2, 0.25) is 0 Å². The molecule has 0 fully saturated rings. The van der Waals surface area contributed by atoms with E-state index in [9.17, 15) is 13.2 Å². The first-order valence-electron chi connectivity index (χ1n) is 5.09. The van der Waals surface area contributed by atoms with Gasteiger partial charge >= 0.3 is 16.4 Å². The third-order valence-corrected chi connectivity index (χ3v) is 2.44. The molecule has 114 valence electrons. The summed E-state index contributed by atoms with van der Waals surface area (Å²) in [6.07, 6.45) is 0.114. The van der Waals surface area contributed by atoms with E-state index in [1.165, 1.54) is 18.2 Å². The molecule has 0 aliphatic rings. The summed E-state index contributed by atoms with van der Waals surface area (Å²) < 4.78 is 29.7. The van der Waals surface area contributed by atoms with E-state index < -0.39 is 22.4 Å². The second kappa shape index (κ2) is 7.65. The largest absolute Gasteiger partial charge is 0.504 e. The van der Waals surface area contributed by atoms with Gasteiger partial charge in [-0.25, -0.2) is 0 Å². The Morgan fingerprint density at radius 3 is 2.20 bits per heavy atom. The summed E-state index contributed by atoms with van der Waals surface area (Å²) in [6.45, 7) is 0. The molecule has 0 saturated carbocycles. The van der Waals surface area contributed by atoms with Gasteiger partial charge in [0.15, 0.2) is 11.5 Å². The monoisotopic (exact) mass is 309 g/mol. The lowest BCUT2D eigenvalue weighted by Gasteiger charge is -2.06. The van der Waals surface area contributed by atoms with E-state index in [1.54, 1.807) is 0 Å². The Hall–Kier alpha value is -1.88. The summed E-state index contributed by atoms with van der Waals surface area (Å²) in [4.78, 5) is 10.4. The zero-order valence-electron chi connectivity index (χ0n) is 10.4. The summed E-state index contributed by atoms with van der Waals surface area (Å²) in [5, 5.41) is 26.6. The molecule has 0 bridgehead atoms. The Labute approximate surface area is 115 Å². The molecule has 1 rings (SSSR count). The highest BCUT2D eigenvalue weighted by molar-refractivity contribution is 7.80. The van der Waals surface area contributed by atoms with Crippen molar-refractivity contribution < 1.29 is 37.3 Å². The van der Waals surface area contributed by atoms with Crippen LogP contribution < -0.4 is 5.73 Å². The van der Waals surface area contributed by atoms with Crippen molar-refractivity contribution in [3.05, 3.63) is 23.8 Å². The van der Waals surface area contributed by atoms with E-state index in [-0.39, 0.29) is 17.9 Å². The summed E-state index contributed by atoms with van der Waals surface area (Å²) in [5.74, 6) is -1.62. The molecule has 0 aliphatic heterocycles. The number of aliphatic carboxylic acids is 1. The van der Waals surface area contributed by atoms with Crippen molar-refractivity contribution in [2.75, 3.05) is 7.11 Å². The summed E-state index contributed by atoms with van der Waals surface area (Å²) in [5.41, 5.74) is 5.86. The highest BCUT2D eigenvalue weighted by Gasteiger charge is 2.12. The molecule has 0 saturated heterocycles. The second-order valence-electron chi connectivity index (χ2n) is 3.57. The van der Waals surface area contributed by atoms with Crippen LogP contribution in [0.1, 0.15) is 5.56 Å². The van der Waals surface area contributed by atoms with Gasteiger partial charge in [0.2, 0.25) is 0 Å². The lowest BCUT2D eigenvalue weighted by molar-refractivity contribution is -0.138. The number of carbonyl (C=O) groups is 1. The molecule has 9 nitrogen and oxygen atoms in total. The zero-order chi connectivity index (χ0) is 15.9. The van der Waals surface area contributed by atoms with E-state index in [2.05, 4.69) is 4.18 Å². The fourth-order valence-electron chi connectivity index (χ4n) is 1.04. The van der Waals surface area contributed by atoms with E-state index >= 15 is 0 Å². The summed E-state index contributed by atoms with van der Waals surface area (Å²) in [6, 6.07) is 3.09. The second-order valence-corrected chi connectivity index (χ2v) is 4.76. The van der Waals surface area contributed by atoms with Crippen LogP contribution in [0, 0.1) is 0 Å². The van der Waals surface area contributed by atoms with Gasteiger partial charge in [-0.2, -0.15) is 8.42 Å². The van der Waals surface area contributed by atoms with Crippen LogP contribution in [0.25, 0.3) is 0 Å². The first kappa shape index (κ1) is 18.1. The maximum atomic E-state index is 10.4. The molecule has 0 heterocycles. The molecule has 6 N–H and O–H groups in total. The SMILES string of the molecule is COS(=O)(=O)O.N[C@@H](Cc1ccc(O)c(O)c1)C(=O)O. The van der Waals surface area contributed by atoms with Crippen molar-refractivity contribution in [2.45, 2.75) is 12.5 Å². The van der Waals surface area contributed by atoms with Gasteiger partial charge in [-0.3, -0.25) is 13.5 Å². The van der Waals surface area contributed by atoms with Crippen molar-refractivity contribution in [1.82, 2.24) is 0 Å². The van der Waals surface area contributed by atoms with Crippen molar-refractivity contribution >= 4 is 16.4 Å². The zero-order valence-corrected chi connectivity index (χ0v) is 11.2. The summed E-state index contributed by atoms with van der Waals surface area (Å²) >= 11 is 0. The van der Waals surface area contributed by atoms with Crippen LogP contribution >= 0.6 is 0 Å². The molecule has 20 heavy (non-hydrogen) atoms. The van der Waals surface area contributed by atoms with Crippen LogP contribution in [0.3, 0.4) is 0 Å². The lowest BCUT2D eigenvalue weighted by Crippen LogP contribution is -2.32. The third kappa shape index (κ3) is 7.53. The Bertz CT molecular complexity index is 556. The molecule has 0 unspecified atom stereocenters. The number of rotatable bonds is 4. The highest BCUT2D eigenvalue weighted by Crippen LogP contribution is 2.25. The van der Waals surface area contributed by atoms with Gasteiger partial charge in [0.1, 0.15) is 6.04 Å². The molecule has 1 aromatic carbocycles. The number of carboxylic acid groups (broad SMARTS) is 1. The smallest absolute Gasteiger partial charge is 0.397 e. The molecular weight excluding hydrogens is 294 g/mol. The molecule has 10 heteroatoms. The van der Waals surface area contributed by atoms with Crippen LogP contribution in [0.4, 0.5) is 0 Å². The number of phenols is 2. The highest BCUT2D eigenvalue weighted by atomic mass is 32.3. The maximum Gasteiger partial charge on any atom is 0.397 e. The lowest BCUT2D eigenvalue weighted by atomic mass is 10.1. The van der Waals surface area contributed by atoms with E-state index in [1.807, 2.05) is 0 Å². The fourth-order valence-corrected chi connectivity index (χ4v) is 1.04. The van der Waals surface area contributed by atoms with Crippen molar-refractivity contribution in [2.24, 2.45) is 5.73 Å². The third-order valence-electron chi connectivity index (χ3n) is 2.02. The number of aromatic hydroxyl groups is 2. The number of carboxylic acids is 1. The van der Waals surface area contributed by atoms with Gasteiger partial charge in [0, 0.05) is 0 Å². The van der Waals surface area contributed by atoms with Crippen LogP contribution in [0.5, 0.6) is 11.5 Å². The van der Waals surface area contributed by atoms with E-state index in [0.717, 1.165) is 7.11 Å². The van der Waals surface area contributed by atoms with Gasteiger partial charge in [0.25, 0.3) is 0 Å². The number of benzene rings is 1. The van der Waals surface area contributed by atoms with Gasteiger partial charge < -0.3 is 21.1 Å². The average molecular weight is 309 g/mol. The van der Waals surface area contributed by atoms with Crippen LogP contribution in [0.15, 0.2) is 18.2 Å². The molecule has 1 aromatic rings. The Kier molecular flexibility index (Phi) is 6.93. The number of hydrogen-bond acceptors (Lipinski definition) is 7. The molecule has 0 amide bonds. The van der Waals surface area contributed by atoms with E-state index in [0.29, 0.717) is 5.56 Å². The van der Waals surface area contributed by atoms with Gasteiger partial charge in [-0.1, -0.05) is 6.07 Å². The van der Waals surface area contributed by atoms with Crippen LogP contribution in [-0.4, -0.2) is 47.4 Å². The standard InChI is InChI=1S/C9H11NO4.CH4O4S/c10-6(9(13)14)3-5-1-2-7(11)8(12)4-5;1-5-6(2,3)4/h1-2,4,6,11-12H,3,10H2,(H,13,14);1H3,(H,2,3,4)/t6-;/m0./s1. The normalized spacial score (nSPS) is 12.2. The van der Waals surface area contributed by atoms with Crippen molar-refractivity contribution in [3.8, 4) is 11.5 Å². The van der Waals surface area contributed by atoms with E-state index in [4.69, 9.17) is 25.6 Å². The predicted molar refractivity (Wildman–Crippen MR) is 67.6 cm³/mol. The van der Waals surface area contributed by atoms with Gasteiger partial charge in [-0.05, 0) is 24.1 Å². The topological polar surface area (TPSA) is 167 Å². The number of nitrogens with two attached hydrogens (primary N) is 1.